The van der Waals surface area contributed by atoms with Crippen molar-refractivity contribution in [2.75, 3.05) is 5.32 Å². The Morgan fingerprint density at radius 3 is 2.58 bits per heavy atom. The maximum atomic E-state index is 12.7. The van der Waals surface area contributed by atoms with Gasteiger partial charge in [-0.2, -0.15) is 28.3 Å². The van der Waals surface area contributed by atoms with Crippen LogP contribution in [0.1, 0.15) is 57.3 Å². The van der Waals surface area contributed by atoms with Gasteiger partial charge in [-0.15, -0.1) is 10.2 Å². The summed E-state index contributed by atoms with van der Waals surface area (Å²) >= 11 is 0. The number of aromatic nitrogens is 6. The molecule has 2 heterocycles. The number of nitrogens with zero attached hydrogens (tertiary/aromatic N) is 6. The van der Waals surface area contributed by atoms with E-state index >= 15 is 0 Å². The number of hydrogen-bond donors (Lipinski definition) is 3. The largest absolute Gasteiger partial charge is 0.455 e. The maximum Gasteiger partial charge on any atom is 0.455 e. The van der Waals surface area contributed by atoms with Crippen LogP contribution in [0.3, 0.4) is 0 Å². The van der Waals surface area contributed by atoms with Crippen LogP contribution in [0.2, 0.25) is 0 Å². The van der Waals surface area contributed by atoms with Crippen LogP contribution in [0.4, 0.5) is 18.9 Å². The normalized spacial score (nSPS) is 11.3. The number of tetrazole rings is 1. The lowest BCUT2D eigenvalue weighted by Gasteiger charge is -2.15. The van der Waals surface area contributed by atoms with E-state index in [1.165, 1.54) is 18.2 Å². The number of benzene rings is 1. The number of rotatable bonds is 6. The smallest absolute Gasteiger partial charge is 0.350 e. The standard InChI is InChI=1S/C19H18F3N9O2/c1-9(2)24-16(32)13-5-11(7-23)4-10(3)15(13)25-17(33)14-6-12(26-27-14)8-31-29-18(28-30-31)19(20,21)22/h4-6,9H,8H2,1-3H3,(H,24,32)(H,25,33)(H,26,27). The number of halogens is 3. The third-order valence-corrected chi connectivity index (χ3v) is 4.25. The molecule has 11 nitrogen and oxygen atoms in total. The highest BCUT2D eigenvalue weighted by Gasteiger charge is 2.36. The lowest BCUT2D eigenvalue weighted by Crippen LogP contribution is -2.31. The molecule has 3 N–H and O–H groups in total. The number of carbonyl (C=O) groups is 2. The summed E-state index contributed by atoms with van der Waals surface area (Å²) in [4.78, 5) is 26.0. The van der Waals surface area contributed by atoms with Gasteiger partial charge in [0, 0.05) is 6.04 Å². The second-order valence-corrected chi connectivity index (χ2v) is 7.33. The molecule has 0 spiro atoms. The zero-order valence-electron chi connectivity index (χ0n) is 17.7. The Morgan fingerprint density at radius 1 is 1.24 bits per heavy atom. The van der Waals surface area contributed by atoms with Crippen molar-refractivity contribution in [1.82, 2.24) is 35.7 Å². The Labute approximate surface area is 185 Å². The van der Waals surface area contributed by atoms with Gasteiger partial charge >= 0.3 is 6.18 Å². The van der Waals surface area contributed by atoms with Crippen molar-refractivity contribution >= 4 is 17.5 Å². The summed E-state index contributed by atoms with van der Waals surface area (Å²) in [5.74, 6) is -2.53. The van der Waals surface area contributed by atoms with Crippen LogP contribution in [-0.2, 0) is 12.7 Å². The molecule has 0 aliphatic carbocycles. The molecule has 3 aromatic rings. The van der Waals surface area contributed by atoms with Crippen molar-refractivity contribution < 1.29 is 22.8 Å². The summed E-state index contributed by atoms with van der Waals surface area (Å²) < 4.78 is 37.8. The first-order chi connectivity index (χ1) is 15.5. The first-order valence-electron chi connectivity index (χ1n) is 9.54. The highest BCUT2D eigenvalue weighted by atomic mass is 19.4. The van der Waals surface area contributed by atoms with Gasteiger partial charge in [-0.1, -0.05) is 0 Å². The molecular formula is C19H18F3N9O2. The van der Waals surface area contributed by atoms with E-state index in [9.17, 15) is 28.0 Å². The fourth-order valence-corrected chi connectivity index (χ4v) is 2.85. The van der Waals surface area contributed by atoms with E-state index in [-0.39, 0.29) is 40.8 Å². The summed E-state index contributed by atoms with van der Waals surface area (Å²) in [5, 5.41) is 30.4. The lowest BCUT2D eigenvalue weighted by atomic mass is 10.0. The van der Waals surface area contributed by atoms with E-state index in [0.29, 0.717) is 10.4 Å². The van der Waals surface area contributed by atoms with Gasteiger partial charge in [0.25, 0.3) is 17.6 Å². The number of hydrogen-bond acceptors (Lipinski definition) is 7. The second kappa shape index (κ2) is 9.07. The van der Waals surface area contributed by atoms with Crippen LogP contribution in [0.5, 0.6) is 0 Å². The zero-order valence-corrected chi connectivity index (χ0v) is 17.7. The number of anilines is 1. The molecule has 0 saturated carbocycles. The first-order valence-corrected chi connectivity index (χ1v) is 9.54. The van der Waals surface area contributed by atoms with Gasteiger partial charge in [0.05, 0.1) is 28.6 Å². The molecular weight excluding hydrogens is 443 g/mol. The fraction of sp³-hybridized carbons (Fsp3) is 0.316. The Balaban J connectivity index is 1.81. The SMILES string of the molecule is Cc1cc(C#N)cc(C(=O)NC(C)C)c1NC(=O)c1cc(Cn2nnc(C(F)(F)F)n2)[nH]n1. The summed E-state index contributed by atoms with van der Waals surface area (Å²) in [6.45, 7) is 4.93. The molecule has 2 amide bonds. The molecule has 0 atom stereocenters. The van der Waals surface area contributed by atoms with Gasteiger partial charge in [0.15, 0.2) is 5.69 Å². The molecule has 172 valence electrons. The predicted octanol–water partition coefficient (Wildman–Crippen LogP) is 2.03. The topological polar surface area (TPSA) is 154 Å². The zero-order chi connectivity index (χ0) is 24.3. The van der Waals surface area contributed by atoms with E-state index in [4.69, 9.17) is 0 Å². The minimum atomic E-state index is -4.73. The number of alkyl halides is 3. The Morgan fingerprint density at radius 2 is 1.97 bits per heavy atom. The number of nitrogens with one attached hydrogen (secondary N) is 3. The van der Waals surface area contributed by atoms with Gasteiger partial charge in [-0.25, -0.2) is 0 Å². The van der Waals surface area contributed by atoms with E-state index in [0.717, 1.165) is 0 Å². The monoisotopic (exact) mass is 461 g/mol. The quantitative estimate of drug-likeness (QED) is 0.507. The van der Waals surface area contributed by atoms with Crippen molar-refractivity contribution in [3.8, 4) is 6.07 Å². The van der Waals surface area contributed by atoms with Crippen LogP contribution in [0.15, 0.2) is 18.2 Å². The average molecular weight is 461 g/mol. The molecule has 0 fully saturated rings. The average Bonchev–Trinajstić information content (AvgIpc) is 3.38. The molecule has 0 radical (unpaired) electrons. The molecule has 0 unspecified atom stereocenters. The molecule has 3 rings (SSSR count). The highest BCUT2D eigenvalue weighted by Crippen LogP contribution is 2.25. The van der Waals surface area contributed by atoms with E-state index in [2.05, 4.69) is 36.2 Å². The van der Waals surface area contributed by atoms with Gasteiger partial charge in [-0.05, 0) is 49.7 Å². The molecule has 14 heteroatoms. The van der Waals surface area contributed by atoms with Gasteiger partial charge in [0.2, 0.25) is 0 Å². The Kier molecular flexibility index (Phi) is 6.43. The summed E-state index contributed by atoms with van der Waals surface area (Å²) in [6, 6.07) is 5.98. The summed E-state index contributed by atoms with van der Waals surface area (Å²) in [6.07, 6.45) is -4.73. The molecule has 2 aromatic heterocycles. The number of carbonyl (C=O) groups excluding carboxylic acids is 2. The maximum absolute atomic E-state index is 12.7. The molecule has 33 heavy (non-hydrogen) atoms. The predicted molar refractivity (Wildman–Crippen MR) is 107 cm³/mol. The second-order valence-electron chi connectivity index (χ2n) is 7.33. The lowest BCUT2D eigenvalue weighted by molar-refractivity contribution is -0.145. The molecule has 1 aromatic carbocycles. The number of nitriles is 1. The van der Waals surface area contributed by atoms with E-state index in [1.807, 2.05) is 6.07 Å². The molecule has 0 saturated heterocycles. The van der Waals surface area contributed by atoms with Gasteiger partial charge in [-0.3, -0.25) is 14.7 Å². The number of amides is 2. The number of H-pyrrole nitrogens is 1. The van der Waals surface area contributed by atoms with Crippen molar-refractivity contribution in [2.45, 2.75) is 39.5 Å². The van der Waals surface area contributed by atoms with Crippen LogP contribution in [0, 0.1) is 18.3 Å². The van der Waals surface area contributed by atoms with Gasteiger partial charge in [0.1, 0.15) is 6.54 Å². The highest BCUT2D eigenvalue weighted by molar-refractivity contribution is 6.09. The third-order valence-electron chi connectivity index (χ3n) is 4.25. The minimum Gasteiger partial charge on any atom is -0.350 e. The molecule has 0 aliphatic rings. The van der Waals surface area contributed by atoms with Crippen molar-refractivity contribution in [2.24, 2.45) is 0 Å². The molecule has 0 bridgehead atoms. The third kappa shape index (κ3) is 5.50. The van der Waals surface area contributed by atoms with E-state index in [1.54, 1.807) is 20.8 Å². The van der Waals surface area contributed by atoms with E-state index < -0.39 is 23.8 Å². The number of aryl methyl sites for hydroxylation is 1. The van der Waals surface area contributed by atoms with Crippen LogP contribution < -0.4 is 10.6 Å². The van der Waals surface area contributed by atoms with Crippen LogP contribution in [0.25, 0.3) is 0 Å². The van der Waals surface area contributed by atoms with Crippen molar-refractivity contribution in [1.29, 1.82) is 5.26 Å². The number of aromatic amines is 1. The summed E-state index contributed by atoms with van der Waals surface area (Å²) in [7, 11) is 0. The van der Waals surface area contributed by atoms with Crippen LogP contribution in [-0.4, -0.2) is 48.3 Å². The Bertz CT molecular complexity index is 1240. The van der Waals surface area contributed by atoms with Crippen molar-refractivity contribution in [3.63, 3.8) is 0 Å². The first kappa shape index (κ1) is 23.4. The minimum absolute atomic E-state index is 0.0832. The van der Waals surface area contributed by atoms with Gasteiger partial charge < -0.3 is 10.6 Å². The van der Waals surface area contributed by atoms with Crippen molar-refractivity contribution in [3.05, 3.63) is 52.1 Å². The fourth-order valence-electron chi connectivity index (χ4n) is 2.85. The Hall–Kier alpha value is -4.28. The molecule has 0 aliphatic heterocycles. The van der Waals surface area contributed by atoms with Crippen LogP contribution >= 0.6 is 0 Å². The summed E-state index contributed by atoms with van der Waals surface area (Å²) in [5.41, 5.74) is 1.21.